The largest absolute Gasteiger partial charge is 0.324 e. The summed E-state index contributed by atoms with van der Waals surface area (Å²) in [6.45, 7) is 7.84. The number of rotatable bonds is 43. The van der Waals surface area contributed by atoms with Gasteiger partial charge in [-0.25, -0.2) is 9.79 Å². The van der Waals surface area contributed by atoms with Gasteiger partial charge in [0, 0.05) is 6.42 Å². The van der Waals surface area contributed by atoms with Crippen molar-refractivity contribution in [3.63, 3.8) is 0 Å². The van der Waals surface area contributed by atoms with Crippen LogP contribution in [-0.4, -0.2) is 22.8 Å². The smallest absolute Gasteiger partial charge is 0.230 e. The minimum Gasteiger partial charge on any atom is -0.230 e. The van der Waals surface area contributed by atoms with Crippen molar-refractivity contribution in [2.24, 2.45) is 4.99 Å². The molecular formula is C50H97N2O+. The maximum Gasteiger partial charge on any atom is 0.324 e. The minimum absolute atomic E-state index is 0.421. The van der Waals surface area contributed by atoms with Gasteiger partial charge in [-0.2, -0.15) is 4.48 Å². The Morgan fingerprint density at radius 1 is 0.396 bits per heavy atom. The van der Waals surface area contributed by atoms with Crippen molar-refractivity contribution in [2.45, 2.75) is 290 Å². The Hall–Kier alpha value is -0.960. The Morgan fingerprint density at radius 3 is 1.02 bits per heavy atom. The second kappa shape index (κ2) is 39.3. The summed E-state index contributed by atoms with van der Waals surface area (Å²) in [7, 11) is 0. The Labute approximate surface area is 334 Å². The lowest BCUT2D eigenvalue weighted by Crippen LogP contribution is -2.52. The van der Waals surface area contributed by atoms with Crippen LogP contribution in [0.4, 0.5) is 0 Å². The molecule has 0 saturated heterocycles. The predicted molar refractivity (Wildman–Crippen MR) is 238 cm³/mol. The van der Waals surface area contributed by atoms with E-state index in [0.717, 1.165) is 38.1 Å². The molecule has 0 aromatic heterocycles. The molecule has 1 aliphatic heterocycles. The topological polar surface area (TPSA) is 29.4 Å². The zero-order chi connectivity index (χ0) is 38.2. The van der Waals surface area contributed by atoms with Gasteiger partial charge in [-0.15, -0.1) is 0 Å². The molecule has 1 heterocycles. The monoisotopic (exact) mass is 742 g/mol. The van der Waals surface area contributed by atoms with E-state index in [0.29, 0.717) is 10.4 Å². The van der Waals surface area contributed by atoms with E-state index in [1.54, 1.807) is 0 Å². The lowest BCUT2D eigenvalue weighted by molar-refractivity contribution is -0.708. The Kier molecular flexibility index (Phi) is 37.1. The summed E-state index contributed by atoms with van der Waals surface area (Å²) < 4.78 is 0.453. The quantitative estimate of drug-likeness (QED) is 0.0452. The van der Waals surface area contributed by atoms with Gasteiger partial charge in [0.15, 0.2) is 0 Å². The molecule has 0 bridgehead atoms. The van der Waals surface area contributed by atoms with E-state index in [-0.39, 0.29) is 0 Å². The molecule has 0 aromatic carbocycles. The first kappa shape index (κ1) is 50.1. The number of carbonyl (C=O) groups excluding carboxylic acids is 1. The summed E-state index contributed by atoms with van der Waals surface area (Å²) in [6, 6.07) is 0. The molecule has 1 atom stereocenters. The maximum absolute atomic E-state index is 14.0. The number of hydrogen-bond acceptors (Lipinski definition) is 2. The van der Waals surface area contributed by atoms with Gasteiger partial charge in [-0.1, -0.05) is 252 Å². The first-order valence-corrected chi connectivity index (χ1v) is 24.9. The molecule has 0 N–H and O–H groups in total. The van der Waals surface area contributed by atoms with Gasteiger partial charge in [-0.05, 0) is 25.7 Å². The number of amides is 1. The molecule has 3 heteroatoms. The Bertz CT molecular complexity index is 833. The van der Waals surface area contributed by atoms with Crippen molar-refractivity contribution in [1.82, 2.24) is 0 Å². The lowest BCUT2D eigenvalue weighted by atomic mass is 10.0. The van der Waals surface area contributed by atoms with Crippen molar-refractivity contribution in [3.05, 3.63) is 12.4 Å². The van der Waals surface area contributed by atoms with Gasteiger partial charge in [0.2, 0.25) is 5.84 Å². The highest BCUT2D eigenvalue weighted by Gasteiger charge is 2.41. The van der Waals surface area contributed by atoms with Gasteiger partial charge in [0.25, 0.3) is 0 Å². The van der Waals surface area contributed by atoms with E-state index in [2.05, 4.69) is 27.0 Å². The summed E-state index contributed by atoms with van der Waals surface area (Å²) in [6.07, 6.45) is 60.6. The molecule has 1 rings (SSSR count). The molecule has 0 fully saturated rings. The second-order valence-corrected chi connectivity index (χ2v) is 17.4. The van der Waals surface area contributed by atoms with Gasteiger partial charge in [0.1, 0.15) is 6.20 Å². The van der Waals surface area contributed by atoms with Gasteiger partial charge < -0.3 is 0 Å². The van der Waals surface area contributed by atoms with Crippen LogP contribution in [0.1, 0.15) is 290 Å². The SMILES string of the molecule is CCCCCCCCCCCCCCCCC(=O)[N+]1(CCCCCCCCCCCCCCCC)C=CN=C1CCCCCCCCCCCCCC. The third-order valence-corrected chi connectivity index (χ3v) is 12.3. The zero-order valence-corrected chi connectivity index (χ0v) is 36.9. The molecular weight excluding hydrogens is 645 g/mol. The van der Waals surface area contributed by atoms with Crippen LogP contribution >= 0.6 is 0 Å². The highest BCUT2D eigenvalue weighted by Crippen LogP contribution is 2.27. The van der Waals surface area contributed by atoms with Crippen LogP contribution in [0.5, 0.6) is 0 Å². The van der Waals surface area contributed by atoms with Crippen LogP contribution in [0.3, 0.4) is 0 Å². The van der Waals surface area contributed by atoms with E-state index in [1.165, 1.54) is 244 Å². The van der Waals surface area contributed by atoms with Crippen molar-refractivity contribution in [2.75, 3.05) is 6.54 Å². The van der Waals surface area contributed by atoms with Crippen LogP contribution in [0.15, 0.2) is 17.4 Å². The molecule has 0 aliphatic carbocycles. The zero-order valence-electron chi connectivity index (χ0n) is 36.9. The van der Waals surface area contributed by atoms with E-state index in [9.17, 15) is 4.79 Å². The van der Waals surface area contributed by atoms with Crippen LogP contribution in [0, 0.1) is 0 Å². The number of unbranched alkanes of at least 4 members (excludes halogenated alkanes) is 37. The average Bonchev–Trinajstić information content (AvgIpc) is 3.58. The van der Waals surface area contributed by atoms with Crippen LogP contribution < -0.4 is 0 Å². The molecule has 3 nitrogen and oxygen atoms in total. The van der Waals surface area contributed by atoms with Crippen molar-refractivity contribution in [1.29, 1.82) is 0 Å². The Morgan fingerprint density at radius 2 is 0.679 bits per heavy atom. The third kappa shape index (κ3) is 29.0. The maximum atomic E-state index is 14.0. The first-order valence-electron chi connectivity index (χ1n) is 24.9. The molecule has 0 spiro atoms. The van der Waals surface area contributed by atoms with Crippen LogP contribution in [0.25, 0.3) is 0 Å². The minimum atomic E-state index is 0.421. The van der Waals surface area contributed by atoms with E-state index < -0.39 is 0 Å². The molecule has 312 valence electrons. The number of quaternary nitrogens is 1. The average molecular weight is 742 g/mol. The third-order valence-electron chi connectivity index (χ3n) is 12.3. The van der Waals surface area contributed by atoms with E-state index in [4.69, 9.17) is 4.99 Å². The number of carbonyl (C=O) groups is 1. The van der Waals surface area contributed by atoms with Gasteiger partial charge in [-0.3, -0.25) is 0 Å². The molecule has 1 amide bonds. The number of hydrogen-bond donors (Lipinski definition) is 0. The Balaban J connectivity index is 2.36. The van der Waals surface area contributed by atoms with E-state index in [1.807, 2.05) is 6.20 Å². The van der Waals surface area contributed by atoms with Gasteiger partial charge >= 0.3 is 5.91 Å². The van der Waals surface area contributed by atoms with E-state index >= 15 is 0 Å². The molecule has 0 aromatic rings. The predicted octanol–water partition coefficient (Wildman–Crippen LogP) is 17.7. The second-order valence-electron chi connectivity index (χ2n) is 17.4. The summed E-state index contributed by atoms with van der Waals surface area (Å²) in [4.78, 5) is 18.9. The van der Waals surface area contributed by atoms with Gasteiger partial charge in [0.05, 0.1) is 19.2 Å². The summed E-state index contributed by atoms with van der Waals surface area (Å²) in [5, 5.41) is 0. The molecule has 53 heavy (non-hydrogen) atoms. The fourth-order valence-electron chi connectivity index (χ4n) is 8.59. The fraction of sp³-hybridized carbons (Fsp3) is 0.920. The van der Waals surface area contributed by atoms with Crippen LogP contribution in [0.2, 0.25) is 0 Å². The normalized spacial score (nSPS) is 15.5. The molecule has 0 radical (unpaired) electrons. The molecule has 1 unspecified atom stereocenters. The van der Waals surface area contributed by atoms with Crippen molar-refractivity contribution < 1.29 is 9.28 Å². The number of amidine groups is 1. The van der Waals surface area contributed by atoms with Crippen LogP contribution in [-0.2, 0) is 4.79 Å². The summed E-state index contributed by atoms with van der Waals surface area (Å²) >= 11 is 0. The first-order chi connectivity index (χ1) is 26.2. The number of nitrogens with zero attached hydrogens (tertiary/aromatic N) is 2. The fourth-order valence-corrected chi connectivity index (χ4v) is 8.59. The van der Waals surface area contributed by atoms with Crippen molar-refractivity contribution in [3.8, 4) is 0 Å². The van der Waals surface area contributed by atoms with Crippen molar-refractivity contribution >= 4 is 11.7 Å². The summed E-state index contributed by atoms with van der Waals surface area (Å²) in [5.74, 6) is 1.58. The lowest BCUT2D eigenvalue weighted by Gasteiger charge is -2.30. The summed E-state index contributed by atoms with van der Waals surface area (Å²) in [5.41, 5.74) is 0. The number of aliphatic imine (C=N–C) groups is 1. The highest BCUT2D eigenvalue weighted by molar-refractivity contribution is 5.90. The standard InChI is InChI=1S/C50H97N2O/c1-4-7-10-13-16-19-22-25-27-30-33-36-39-42-45-50(53)52(47-43-40-37-34-31-28-26-23-20-17-14-11-8-5-2)48-46-51-49(52)44-41-38-35-32-29-24-21-18-15-12-9-6-3/h46,48H,4-45,47H2,1-3H3/q+1. The molecule has 0 saturated carbocycles. The highest BCUT2D eigenvalue weighted by atomic mass is 16.2. The molecule has 1 aliphatic rings.